The van der Waals surface area contributed by atoms with Gasteiger partial charge in [-0.2, -0.15) is 0 Å². The maximum absolute atomic E-state index is 13.9. The second kappa shape index (κ2) is 11.1. The van der Waals surface area contributed by atoms with E-state index in [1.54, 1.807) is 48.8 Å². The van der Waals surface area contributed by atoms with E-state index in [2.05, 4.69) is 4.98 Å². The van der Waals surface area contributed by atoms with Crippen molar-refractivity contribution >= 4 is 16.7 Å². The molecule has 0 saturated carbocycles. The maximum atomic E-state index is 13.9. The van der Waals surface area contributed by atoms with Crippen molar-refractivity contribution in [3.05, 3.63) is 70.4 Å². The number of hydrogen-bond donors (Lipinski definition) is 0. The number of ether oxygens (including phenoxy) is 6. The van der Waals surface area contributed by atoms with E-state index in [1.807, 2.05) is 0 Å². The fourth-order valence-corrected chi connectivity index (χ4v) is 4.42. The molecule has 0 unspecified atom stereocenters. The highest BCUT2D eigenvalue weighted by molar-refractivity contribution is 6.08. The second-order valence-corrected chi connectivity index (χ2v) is 8.13. The molecule has 0 fully saturated rings. The first-order valence-electron chi connectivity index (χ1n) is 11.5. The predicted molar refractivity (Wildman–Crippen MR) is 141 cm³/mol. The Morgan fingerprint density at radius 3 is 1.82 bits per heavy atom. The van der Waals surface area contributed by atoms with E-state index in [-0.39, 0.29) is 12.2 Å². The monoisotopic (exact) mass is 520 g/mol. The van der Waals surface area contributed by atoms with Gasteiger partial charge in [-0.3, -0.25) is 14.3 Å². The molecule has 0 bridgehead atoms. The Morgan fingerprint density at radius 1 is 0.763 bits per heavy atom. The largest absolute Gasteiger partial charge is 0.493 e. The maximum Gasteiger partial charge on any atom is 0.355 e. The van der Waals surface area contributed by atoms with Crippen LogP contribution < -0.4 is 29.2 Å². The molecule has 0 spiro atoms. The minimum Gasteiger partial charge on any atom is -0.493 e. The van der Waals surface area contributed by atoms with Crippen LogP contribution in [0.25, 0.3) is 21.9 Å². The van der Waals surface area contributed by atoms with Gasteiger partial charge in [0.2, 0.25) is 5.75 Å². The van der Waals surface area contributed by atoms with Crippen LogP contribution in [0.4, 0.5) is 0 Å². The summed E-state index contributed by atoms with van der Waals surface area (Å²) in [5.41, 5.74) is 1.35. The van der Waals surface area contributed by atoms with Crippen LogP contribution in [0, 0.1) is 0 Å². The van der Waals surface area contributed by atoms with Crippen molar-refractivity contribution in [3.63, 3.8) is 0 Å². The lowest BCUT2D eigenvalue weighted by atomic mass is 9.95. The zero-order valence-electron chi connectivity index (χ0n) is 22.0. The van der Waals surface area contributed by atoms with E-state index in [0.29, 0.717) is 50.6 Å². The molecular formula is C28H28N2O8. The van der Waals surface area contributed by atoms with Crippen molar-refractivity contribution < 1.29 is 33.2 Å². The van der Waals surface area contributed by atoms with Crippen LogP contribution in [0.3, 0.4) is 0 Å². The average Bonchev–Trinajstić information content (AvgIpc) is 2.96. The molecule has 0 amide bonds. The number of aromatic nitrogens is 2. The molecule has 10 heteroatoms. The highest BCUT2D eigenvalue weighted by Gasteiger charge is 2.27. The van der Waals surface area contributed by atoms with Gasteiger partial charge in [0.15, 0.2) is 23.0 Å². The van der Waals surface area contributed by atoms with Gasteiger partial charge in [-0.05, 0) is 47.5 Å². The first-order chi connectivity index (χ1) is 18.4. The number of methoxy groups -OCH3 is 6. The molecule has 2 aromatic heterocycles. The molecule has 0 atom stereocenters. The Labute approximate surface area is 219 Å². The Bertz CT molecular complexity index is 1520. The smallest absolute Gasteiger partial charge is 0.355 e. The zero-order valence-corrected chi connectivity index (χ0v) is 22.0. The molecule has 0 N–H and O–H groups in total. The number of hydrogen-bond acceptors (Lipinski definition) is 9. The number of rotatable bonds is 9. The SMILES string of the molecule is COC(=O)c1c(-c2cc(OC)c(OC)c(OC)c2)c2cc(OC)c(OC)cc2c(=O)n1Cc1ccncc1. The van der Waals surface area contributed by atoms with Crippen LogP contribution in [-0.2, 0) is 11.3 Å². The van der Waals surface area contributed by atoms with E-state index in [9.17, 15) is 9.59 Å². The number of esters is 1. The van der Waals surface area contributed by atoms with Gasteiger partial charge in [0.05, 0.1) is 54.6 Å². The first-order valence-corrected chi connectivity index (χ1v) is 11.5. The third kappa shape index (κ3) is 4.56. The number of nitrogens with zero attached hydrogens (tertiary/aromatic N) is 2. The Balaban J connectivity index is 2.22. The molecule has 2 aromatic carbocycles. The van der Waals surface area contributed by atoms with Crippen LogP contribution in [0.5, 0.6) is 28.7 Å². The quantitative estimate of drug-likeness (QED) is 0.303. The summed E-state index contributed by atoms with van der Waals surface area (Å²) in [5, 5.41) is 0.765. The summed E-state index contributed by atoms with van der Waals surface area (Å²) in [5.74, 6) is 1.19. The minimum atomic E-state index is -0.698. The van der Waals surface area contributed by atoms with Crippen molar-refractivity contribution in [2.45, 2.75) is 6.54 Å². The third-order valence-corrected chi connectivity index (χ3v) is 6.20. The van der Waals surface area contributed by atoms with Gasteiger partial charge in [0, 0.05) is 23.3 Å². The molecule has 0 saturated heterocycles. The summed E-state index contributed by atoms with van der Waals surface area (Å²) >= 11 is 0. The predicted octanol–water partition coefficient (Wildman–Crippen LogP) is 3.94. The fourth-order valence-electron chi connectivity index (χ4n) is 4.42. The van der Waals surface area contributed by atoms with Crippen LogP contribution in [-0.4, -0.2) is 58.2 Å². The summed E-state index contributed by atoms with van der Waals surface area (Å²) in [6.07, 6.45) is 3.24. The second-order valence-electron chi connectivity index (χ2n) is 8.13. The van der Waals surface area contributed by atoms with Crippen LogP contribution in [0.15, 0.2) is 53.6 Å². The fraction of sp³-hybridized carbons (Fsp3) is 0.250. The molecule has 38 heavy (non-hydrogen) atoms. The average molecular weight is 521 g/mol. The third-order valence-electron chi connectivity index (χ3n) is 6.20. The zero-order chi connectivity index (χ0) is 27.4. The number of fused-ring (bicyclic) bond motifs is 1. The molecule has 0 aliphatic rings. The Hall–Kier alpha value is -4.73. The minimum absolute atomic E-state index is 0.0447. The van der Waals surface area contributed by atoms with Crippen LogP contribution >= 0.6 is 0 Å². The topological polar surface area (TPSA) is 107 Å². The van der Waals surface area contributed by atoms with Gasteiger partial charge in [-0.25, -0.2) is 4.79 Å². The molecule has 4 aromatic rings. The van der Waals surface area contributed by atoms with Gasteiger partial charge in [-0.1, -0.05) is 0 Å². The summed E-state index contributed by atoms with van der Waals surface area (Å²) in [6.45, 7) is 0.0908. The molecule has 0 radical (unpaired) electrons. The Kier molecular flexibility index (Phi) is 7.71. The number of carbonyl (C=O) groups excluding carboxylic acids is 1. The van der Waals surface area contributed by atoms with Gasteiger partial charge < -0.3 is 28.4 Å². The van der Waals surface area contributed by atoms with Crippen molar-refractivity contribution in [1.82, 2.24) is 9.55 Å². The lowest BCUT2D eigenvalue weighted by Crippen LogP contribution is -2.28. The van der Waals surface area contributed by atoms with Crippen molar-refractivity contribution in [2.24, 2.45) is 0 Å². The van der Waals surface area contributed by atoms with E-state index >= 15 is 0 Å². The molecule has 0 aliphatic heterocycles. The van der Waals surface area contributed by atoms with Gasteiger partial charge >= 0.3 is 5.97 Å². The summed E-state index contributed by atoms with van der Waals surface area (Å²) in [7, 11) is 8.75. The standard InChI is InChI=1S/C28H28N2O8/c1-33-20-13-18-19(14-21(20)34-2)27(31)30(15-16-7-9-29-10-8-16)25(28(32)38-6)24(18)17-11-22(35-3)26(37-5)23(12-17)36-4/h7-14H,15H2,1-6H3. The van der Waals surface area contributed by atoms with Crippen molar-refractivity contribution in [2.75, 3.05) is 42.7 Å². The molecule has 2 heterocycles. The number of benzene rings is 2. The van der Waals surface area contributed by atoms with Crippen LogP contribution in [0.1, 0.15) is 16.1 Å². The van der Waals surface area contributed by atoms with E-state index in [1.165, 1.54) is 47.2 Å². The van der Waals surface area contributed by atoms with E-state index in [4.69, 9.17) is 28.4 Å². The van der Waals surface area contributed by atoms with Crippen molar-refractivity contribution in [1.29, 1.82) is 0 Å². The van der Waals surface area contributed by atoms with Gasteiger partial charge in [-0.15, -0.1) is 0 Å². The van der Waals surface area contributed by atoms with Gasteiger partial charge in [0.25, 0.3) is 5.56 Å². The van der Waals surface area contributed by atoms with E-state index in [0.717, 1.165) is 5.56 Å². The van der Waals surface area contributed by atoms with Crippen molar-refractivity contribution in [3.8, 4) is 39.9 Å². The first kappa shape index (κ1) is 26.3. The number of carbonyl (C=O) groups is 1. The van der Waals surface area contributed by atoms with E-state index < -0.39 is 11.5 Å². The molecule has 4 rings (SSSR count). The molecule has 198 valence electrons. The molecule has 0 aliphatic carbocycles. The normalized spacial score (nSPS) is 10.7. The highest BCUT2D eigenvalue weighted by Crippen LogP contribution is 2.44. The molecular weight excluding hydrogens is 492 g/mol. The number of pyridine rings is 2. The Morgan fingerprint density at radius 2 is 1.32 bits per heavy atom. The van der Waals surface area contributed by atoms with Crippen LogP contribution in [0.2, 0.25) is 0 Å². The lowest BCUT2D eigenvalue weighted by Gasteiger charge is -2.21. The molecule has 10 nitrogen and oxygen atoms in total. The summed E-state index contributed by atoms with van der Waals surface area (Å²) in [4.78, 5) is 31.4. The lowest BCUT2D eigenvalue weighted by molar-refractivity contribution is 0.0588. The van der Waals surface area contributed by atoms with Gasteiger partial charge in [0.1, 0.15) is 5.69 Å². The summed E-state index contributed by atoms with van der Waals surface area (Å²) in [6, 6.07) is 10.2. The summed E-state index contributed by atoms with van der Waals surface area (Å²) < 4.78 is 34.2. The highest BCUT2D eigenvalue weighted by atomic mass is 16.5.